The van der Waals surface area contributed by atoms with E-state index in [1.807, 2.05) is 0 Å². The lowest BCUT2D eigenvalue weighted by molar-refractivity contribution is 0.0525. The molecule has 0 aliphatic carbocycles. The summed E-state index contributed by atoms with van der Waals surface area (Å²) in [5, 5.41) is 6.66. The molecule has 0 fully saturated rings. The van der Waals surface area contributed by atoms with Crippen LogP contribution in [0.15, 0.2) is 66.7 Å². The van der Waals surface area contributed by atoms with Crippen molar-refractivity contribution in [1.29, 1.82) is 0 Å². The summed E-state index contributed by atoms with van der Waals surface area (Å²) in [6.07, 6.45) is 0. The summed E-state index contributed by atoms with van der Waals surface area (Å²) in [7, 11) is -3.05. The third-order valence-electron chi connectivity index (χ3n) is 6.77. The predicted molar refractivity (Wildman–Crippen MR) is 174 cm³/mol. The summed E-state index contributed by atoms with van der Waals surface area (Å²) in [5.74, 6) is 2.01. The number of benzene rings is 3. The van der Waals surface area contributed by atoms with Crippen LogP contribution in [0.25, 0.3) is 0 Å². The van der Waals surface area contributed by atoms with Crippen LogP contribution in [0.3, 0.4) is 0 Å². The highest BCUT2D eigenvalue weighted by Gasteiger charge is 2.41. The van der Waals surface area contributed by atoms with Crippen LogP contribution in [0, 0.1) is 0 Å². The molecular formula is C30H45O4PSi3. The molecule has 0 aromatic heterocycles. The molecule has 0 atom stereocenters. The minimum Gasteiger partial charge on any atom is -0.467 e. The third kappa shape index (κ3) is 6.87. The van der Waals surface area contributed by atoms with Crippen molar-refractivity contribution in [2.45, 2.75) is 52.4 Å². The summed E-state index contributed by atoms with van der Waals surface area (Å²) in [4.78, 5) is 0. The normalized spacial score (nSPS) is 12.6. The standard InChI is InChI=1S/C30H45O4PSi3/c1-31-22-33-29-25(18-14-20-27(29)36(3,4)5)35(38(9,10)24-16-12-11-13-17-24)26-19-15-21-28(37(6,7)8)30(26)34-23-32-2/h11-21H,22-23H2,1-10H3. The number of para-hydroxylation sites is 2. The lowest BCUT2D eigenvalue weighted by Crippen LogP contribution is -2.49. The molecule has 0 bridgehead atoms. The van der Waals surface area contributed by atoms with Crippen LogP contribution in [-0.2, 0) is 9.47 Å². The van der Waals surface area contributed by atoms with Crippen LogP contribution in [0.5, 0.6) is 11.5 Å². The second kappa shape index (κ2) is 12.6. The lowest BCUT2D eigenvalue weighted by atomic mass is 10.3. The quantitative estimate of drug-likeness (QED) is 0.165. The first-order chi connectivity index (χ1) is 17.8. The molecule has 0 aliphatic rings. The van der Waals surface area contributed by atoms with Gasteiger partial charge in [0.2, 0.25) is 0 Å². The molecule has 8 heteroatoms. The second-order valence-electron chi connectivity index (χ2n) is 12.2. The largest absolute Gasteiger partial charge is 0.467 e. The van der Waals surface area contributed by atoms with E-state index in [-0.39, 0.29) is 13.6 Å². The molecule has 0 N–H and O–H groups in total. The maximum atomic E-state index is 6.49. The van der Waals surface area contributed by atoms with Gasteiger partial charge in [-0.15, -0.1) is 0 Å². The molecule has 38 heavy (non-hydrogen) atoms. The Kier molecular flexibility index (Phi) is 10.2. The fraction of sp³-hybridized carbons (Fsp3) is 0.400. The van der Waals surface area contributed by atoms with E-state index in [0.29, 0.717) is 0 Å². The van der Waals surface area contributed by atoms with Crippen LogP contribution < -0.4 is 35.6 Å². The molecule has 0 amide bonds. The first-order valence-electron chi connectivity index (χ1n) is 13.2. The van der Waals surface area contributed by atoms with Crippen LogP contribution in [0.2, 0.25) is 52.4 Å². The maximum absolute atomic E-state index is 6.49. The Morgan fingerprint density at radius 3 is 1.34 bits per heavy atom. The van der Waals surface area contributed by atoms with Crippen molar-refractivity contribution in [2.75, 3.05) is 27.8 Å². The number of methoxy groups -OCH3 is 2. The van der Waals surface area contributed by atoms with Gasteiger partial charge in [-0.1, -0.05) is 124 Å². The van der Waals surface area contributed by atoms with Gasteiger partial charge in [0.25, 0.3) is 0 Å². The zero-order valence-electron chi connectivity index (χ0n) is 24.8. The summed E-state index contributed by atoms with van der Waals surface area (Å²) in [6.45, 7) is 19.7. The highest BCUT2D eigenvalue weighted by atomic mass is 31.4. The predicted octanol–water partition coefficient (Wildman–Crippen LogP) is 5.29. The molecule has 0 unspecified atom stereocenters. The number of hydrogen-bond acceptors (Lipinski definition) is 4. The van der Waals surface area contributed by atoms with E-state index in [9.17, 15) is 0 Å². The second-order valence-corrected chi connectivity index (χ2v) is 32.3. The molecule has 206 valence electrons. The average Bonchev–Trinajstić information content (AvgIpc) is 2.86. The van der Waals surface area contributed by atoms with Crippen molar-refractivity contribution < 1.29 is 18.9 Å². The molecule has 3 aromatic carbocycles. The third-order valence-corrected chi connectivity index (χ3v) is 20.9. The van der Waals surface area contributed by atoms with Gasteiger partial charge in [-0.2, -0.15) is 0 Å². The van der Waals surface area contributed by atoms with Crippen molar-refractivity contribution in [3.8, 4) is 11.5 Å². The molecule has 0 saturated heterocycles. The molecule has 3 rings (SSSR count). The molecule has 3 aromatic rings. The highest BCUT2D eigenvalue weighted by molar-refractivity contribution is 8.06. The Morgan fingerprint density at radius 1 is 0.553 bits per heavy atom. The van der Waals surface area contributed by atoms with Gasteiger partial charge in [0, 0.05) is 24.8 Å². The molecule has 0 aliphatic heterocycles. The molecular weight excluding hydrogens is 540 g/mol. The van der Waals surface area contributed by atoms with Gasteiger partial charge in [-0.3, -0.25) is 0 Å². The molecule has 4 nitrogen and oxygen atoms in total. The van der Waals surface area contributed by atoms with Gasteiger partial charge in [0.1, 0.15) is 19.2 Å². The maximum Gasteiger partial charge on any atom is 0.188 e. The van der Waals surface area contributed by atoms with E-state index in [2.05, 4.69) is 119 Å². The van der Waals surface area contributed by atoms with E-state index < -0.39 is 31.4 Å². The number of hydrogen-bond donors (Lipinski definition) is 0. The SMILES string of the molecule is COCOc1c(P(c2cccc([Si](C)(C)C)c2OCOC)[Si](C)(C)c2ccccc2)cccc1[Si](C)(C)C. The van der Waals surface area contributed by atoms with Gasteiger partial charge in [0.05, 0.1) is 16.1 Å². The van der Waals surface area contributed by atoms with Gasteiger partial charge in [-0.05, 0) is 17.8 Å². The summed E-state index contributed by atoms with van der Waals surface area (Å²) >= 11 is 0. The Balaban J connectivity index is 2.44. The Hall–Kier alpha value is -1.74. The van der Waals surface area contributed by atoms with E-state index in [4.69, 9.17) is 18.9 Å². The zero-order chi connectivity index (χ0) is 28.1. The van der Waals surface area contributed by atoms with Crippen molar-refractivity contribution >= 4 is 57.5 Å². The number of ether oxygens (including phenoxy) is 4. The Bertz CT molecular complexity index is 1130. The minimum absolute atomic E-state index is 0.229. The van der Waals surface area contributed by atoms with Crippen molar-refractivity contribution in [1.82, 2.24) is 0 Å². The number of rotatable bonds is 12. The van der Waals surface area contributed by atoms with Crippen molar-refractivity contribution in [3.63, 3.8) is 0 Å². The van der Waals surface area contributed by atoms with E-state index in [0.717, 1.165) is 11.5 Å². The monoisotopic (exact) mass is 584 g/mol. The molecule has 0 saturated carbocycles. The van der Waals surface area contributed by atoms with Crippen LogP contribution in [-0.4, -0.2) is 51.7 Å². The van der Waals surface area contributed by atoms with Crippen LogP contribution in [0.1, 0.15) is 0 Å². The van der Waals surface area contributed by atoms with Crippen LogP contribution >= 0.6 is 7.47 Å². The molecule has 0 heterocycles. The highest BCUT2D eigenvalue weighted by Crippen LogP contribution is 2.48. The van der Waals surface area contributed by atoms with Crippen molar-refractivity contribution in [3.05, 3.63) is 66.7 Å². The van der Waals surface area contributed by atoms with Gasteiger partial charge < -0.3 is 18.9 Å². The summed E-state index contributed by atoms with van der Waals surface area (Å²) in [5.41, 5.74) is 0. The Labute approximate surface area is 234 Å². The van der Waals surface area contributed by atoms with E-state index in [1.54, 1.807) is 14.2 Å². The van der Waals surface area contributed by atoms with E-state index >= 15 is 0 Å². The summed E-state index contributed by atoms with van der Waals surface area (Å²) in [6, 6.07) is 24.6. The molecule has 0 spiro atoms. The zero-order valence-corrected chi connectivity index (χ0v) is 28.7. The fourth-order valence-corrected chi connectivity index (χ4v) is 17.9. The van der Waals surface area contributed by atoms with Gasteiger partial charge in [0.15, 0.2) is 13.6 Å². The smallest absolute Gasteiger partial charge is 0.188 e. The first-order valence-corrected chi connectivity index (χ1v) is 25.4. The van der Waals surface area contributed by atoms with Crippen LogP contribution in [0.4, 0.5) is 0 Å². The molecule has 0 radical (unpaired) electrons. The first kappa shape index (κ1) is 30.8. The Morgan fingerprint density at radius 2 is 0.974 bits per heavy atom. The lowest BCUT2D eigenvalue weighted by Gasteiger charge is -2.38. The summed E-state index contributed by atoms with van der Waals surface area (Å²) < 4.78 is 23.9. The average molecular weight is 585 g/mol. The van der Waals surface area contributed by atoms with Crippen molar-refractivity contribution in [2.24, 2.45) is 0 Å². The topological polar surface area (TPSA) is 36.9 Å². The van der Waals surface area contributed by atoms with Gasteiger partial charge >= 0.3 is 0 Å². The fourth-order valence-electron chi connectivity index (χ4n) is 4.83. The minimum atomic E-state index is -2.14. The van der Waals surface area contributed by atoms with Gasteiger partial charge in [-0.25, -0.2) is 0 Å². The van der Waals surface area contributed by atoms with E-state index in [1.165, 1.54) is 26.2 Å².